The van der Waals surface area contributed by atoms with E-state index in [9.17, 15) is 9.59 Å². The number of rotatable bonds is 4. The number of hydrogen-bond acceptors (Lipinski definition) is 9. The number of carbonyl (C=O) groups excluding carboxylic acids is 2. The van der Waals surface area contributed by atoms with Crippen molar-refractivity contribution in [2.45, 2.75) is 6.42 Å². The number of anilines is 1. The molecule has 4 heterocycles. The predicted molar refractivity (Wildman–Crippen MR) is 140 cm³/mol. The third-order valence-corrected chi connectivity index (χ3v) is 7.53. The number of thiophene rings is 2. The van der Waals surface area contributed by atoms with E-state index in [0.717, 1.165) is 21.5 Å². The fraction of sp³-hybridized carbons (Fsp3) is 0.0769. The van der Waals surface area contributed by atoms with Crippen molar-refractivity contribution in [1.82, 2.24) is 0 Å². The van der Waals surface area contributed by atoms with E-state index in [2.05, 4.69) is 10.1 Å². The van der Waals surface area contributed by atoms with E-state index in [4.69, 9.17) is 19.2 Å². The van der Waals surface area contributed by atoms with E-state index < -0.39 is 18.3 Å². The Kier molecular flexibility index (Phi) is 5.39. The van der Waals surface area contributed by atoms with E-state index >= 15 is 0 Å². The van der Waals surface area contributed by atoms with Gasteiger partial charge in [0.25, 0.3) is 0 Å². The van der Waals surface area contributed by atoms with Gasteiger partial charge in [-0.3, -0.25) is 15.0 Å². The van der Waals surface area contributed by atoms with Crippen LogP contribution >= 0.6 is 22.7 Å². The lowest BCUT2D eigenvalue weighted by molar-refractivity contribution is -0.142. The summed E-state index contributed by atoms with van der Waals surface area (Å²) in [6, 6.07) is 15.1. The third kappa shape index (κ3) is 3.67. The van der Waals surface area contributed by atoms with Gasteiger partial charge in [0.15, 0.2) is 0 Å². The fourth-order valence-electron chi connectivity index (χ4n) is 4.13. The summed E-state index contributed by atoms with van der Waals surface area (Å²) in [5, 5.41) is 20.9. The predicted octanol–water partition coefficient (Wildman–Crippen LogP) is 5.82. The first-order valence-corrected chi connectivity index (χ1v) is 12.6. The Morgan fingerprint density at radius 2 is 1.56 bits per heavy atom. The van der Waals surface area contributed by atoms with Crippen molar-refractivity contribution in [3.63, 3.8) is 0 Å². The first-order chi connectivity index (χ1) is 17.5. The molecule has 0 aliphatic rings. The zero-order valence-electron chi connectivity index (χ0n) is 18.8. The van der Waals surface area contributed by atoms with Crippen molar-refractivity contribution in [3.05, 3.63) is 70.4 Å². The van der Waals surface area contributed by atoms with Gasteiger partial charge in [-0.2, -0.15) is 0 Å². The topological polar surface area (TPSA) is 118 Å². The van der Waals surface area contributed by atoms with Gasteiger partial charge in [-0.1, -0.05) is 36.4 Å². The number of fused-ring (bicyclic) bond motifs is 6. The maximum Gasteiger partial charge on any atom is 0.315 e. The van der Waals surface area contributed by atoms with Gasteiger partial charge >= 0.3 is 5.97 Å². The van der Waals surface area contributed by atoms with Crippen molar-refractivity contribution in [1.29, 1.82) is 5.41 Å². The fourth-order valence-corrected chi connectivity index (χ4v) is 6.02. The van der Waals surface area contributed by atoms with Gasteiger partial charge in [-0.05, 0) is 12.1 Å². The van der Waals surface area contributed by atoms with E-state index in [1.807, 2.05) is 59.3 Å². The first-order valence-electron chi connectivity index (χ1n) is 10.9. The van der Waals surface area contributed by atoms with E-state index in [1.54, 1.807) is 0 Å². The summed E-state index contributed by atoms with van der Waals surface area (Å²) >= 11 is 2.70. The molecule has 0 aliphatic carbocycles. The summed E-state index contributed by atoms with van der Waals surface area (Å²) < 4.78 is 16.6. The number of methoxy groups -OCH3 is 1. The molecular weight excluding hydrogens is 498 g/mol. The molecule has 6 rings (SSSR count). The van der Waals surface area contributed by atoms with E-state index in [1.165, 1.54) is 29.8 Å². The van der Waals surface area contributed by atoms with Crippen LogP contribution in [0.5, 0.6) is 0 Å². The Morgan fingerprint density at radius 3 is 2.28 bits per heavy atom. The van der Waals surface area contributed by atoms with E-state index in [0.29, 0.717) is 31.9 Å². The highest BCUT2D eigenvalue weighted by molar-refractivity contribution is 7.16. The van der Waals surface area contributed by atoms with Crippen molar-refractivity contribution in [2.75, 3.05) is 12.4 Å². The van der Waals surface area contributed by atoms with Crippen LogP contribution in [0.15, 0.2) is 73.1 Å². The summed E-state index contributed by atoms with van der Waals surface area (Å²) in [4.78, 5) is 28.9. The summed E-state index contributed by atoms with van der Waals surface area (Å²) in [7, 11) is 1.24. The number of hydrogen-bond donors (Lipinski definition) is 2. The number of ether oxygens (including phenoxy) is 1. The number of amides is 1. The third-order valence-electron chi connectivity index (χ3n) is 5.77. The molecule has 0 bridgehead atoms. The monoisotopic (exact) mass is 515 g/mol. The minimum Gasteiger partial charge on any atom is -0.469 e. The number of para-hydroxylation sites is 2. The Bertz CT molecular complexity index is 1960. The van der Waals surface area contributed by atoms with Crippen LogP contribution < -0.4 is 16.4 Å². The van der Waals surface area contributed by atoms with Crippen LogP contribution in [0, 0.1) is 5.41 Å². The van der Waals surface area contributed by atoms with Crippen molar-refractivity contribution < 1.29 is 23.2 Å². The van der Waals surface area contributed by atoms with Crippen molar-refractivity contribution in [3.8, 4) is 0 Å². The molecule has 4 aromatic heterocycles. The summed E-state index contributed by atoms with van der Waals surface area (Å²) in [5.41, 5.74) is 1.56. The van der Waals surface area contributed by atoms with Gasteiger partial charge in [-0.25, -0.2) is 4.99 Å². The maximum absolute atomic E-state index is 12.5. The average molecular weight is 516 g/mol. The molecule has 1 amide bonds. The molecule has 2 N–H and O–H groups in total. The summed E-state index contributed by atoms with van der Waals surface area (Å²) in [5.74, 6) is -1.12. The molecular formula is C26H17N3O5S2. The molecule has 2 aromatic carbocycles. The SMILES string of the molecule is COC(=O)CC(=O)Nc1scc2c1/c(=N\c1scc3c1c(=N)oc1ccccc13)oc1ccccc12. The van der Waals surface area contributed by atoms with Crippen LogP contribution in [0.25, 0.3) is 43.5 Å². The normalized spacial score (nSPS) is 12.1. The molecule has 0 saturated heterocycles. The molecule has 36 heavy (non-hydrogen) atoms. The number of nitrogens with one attached hydrogen (secondary N) is 2. The minimum atomic E-state index is -0.627. The lowest BCUT2D eigenvalue weighted by atomic mass is 10.1. The first kappa shape index (κ1) is 22.2. The van der Waals surface area contributed by atoms with Crippen molar-refractivity contribution in [2.24, 2.45) is 4.99 Å². The van der Waals surface area contributed by atoms with Crippen LogP contribution in [0.2, 0.25) is 0 Å². The molecule has 0 atom stereocenters. The Balaban J connectivity index is 1.61. The van der Waals surface area contributed by atoms with E-state index in [-0.39, 0.29) is 11.1 Å². The lowest BCUT2D eigenvalue weighted by Crippen LogP contribution is -2.17. The second kappa shape index (κ2) is 8.74. The molecule has 10 heteroatoms. The molecule has 0 unspecified atom stereocenters. The van der Waals surface area contributed by atoms with Crippen LogP contribution in [-0.4, -0.2) is 19.0 Å². The zero-order valence-corrected chi connectivity index (χ0v) is 20.4. The molecule has 0 spiro atoms. The van der Waals surface area contributed by atoms with Gasteiger partial charge in [0.1, 0.15) is 27.6 Å². The smallest absolute Gasteiger partial charge is 0.315 e. The highest BCUT2D eigenvalue weighted by Gasteiger charge is 2.18. The van der Waals surface area contributed by atoms with Crippen LogP contribution in [-0.2, 0) is 14.3 Å². The number of nitrogens with zero attached hydrogens (tertiary/aromatic N) is 1. The molecule has 0 aliphatic heterocycles. The quantitative estimate of drug-likeness (QED) is 0.226. The Morgan fingerprint density at radius 1 is 0.917 bits per heavy atom. The van der Waals surface area contributed by atoms with Crippen LogP contribution in [0.3, 0.4) is 0 Å². The Hall–Kier alpha value is -4.28. The summed E-state index contributed by atoms with van der Waals surface area (Å²) in [6.07, 6.45) is -0.403. The Labute approximate surface area is 210 Å². The number of esters is 1. The van der Waals surface area contributed by atoms with Gasteiger partial charge in [0.2, 0.25) is 17.0 Å². The van der Waals surface area contributed by atoms with Gasteiger partial charge in [0.05, 0.1) is 17.9 Å². The second-order valence-corrected chi connectivity index (χ2v) is 9.66. The lowest BCUT2D eigenvalue weighted by Gasteiger charge is -2.05. The zero-order chi connectivity index (χ0) is 24.8. The molecule has 8 nitrogen and oxygen atoms in total. The number of carbonyl (C=O) groups is 2. The minimum absolute atomic E-state index is 0.0117. The maximum atomic E-state index is 12.5. The highest BCUT2D eigenvalue weighted by Crippen LogP contribution is 2.37. The van der Waals surface area contributed by atoms with Crippen molar-refractivity contribution >= 4 is 88.0 Å². The standard InChI is InChI=1S/C26H17N3O5S2/c1-32-20(31)10-19(30)28-26-22-16(12-36-26)14-7-3-5-9-18(14)34-24(22)29-25-21-15(11-35-25)13-6-2-4-8-17(13)33-23(21)27/h2-9,11-12,27H,10H2,1H3,(H,28,30)/b27-23?,29-24+. The highest BCUT2D eigenvalue weighted by atomic mass is 32.1. The summed E-state index contributed by atoms with van der Waals surface area (Å²) in [6.45, 7) is 0. The molecule has 6 aromatic rings. The van der Waals surface area contributed by atoms with Crippen LogP contribution in [0.4, 0.5) is 10.0 Å². The second-order valence-electron chi connectivity index (χ2n) is 7.93. The number of benzene rings is 2. The largest absolute Gasteiger partial charge is 0.469 e. The molecule has 0 fully saturated rings. The molecule has 178 valence electrons. The van der Waals surface area contributed by atoms with Gasteiger partial charge < -0.3 is 18.9 Å². The van der Waals surface area contributed by atoms with Gasteiger partial charge in [-0.15, -0.1) is 22.7 Å². The molecule has 0 saturated carbocycles. The molecule has 0 radical (unpaired) electrons. The van der Waals surface area contributed by atoms with Gasteiger partial charge in [0, 0.05) is 32.3 Å². The van der Waals surface area contributed by atoms with Crippen LogP contribution in [0.1, 0.15) is 6.42 Å². The average Bonchev–Trinajstić information content (AvgIpc) is 3.49.